The number of rotatable bonds is 66. The van der Waals surface area contributed by atoms with E-state index in [9.17, 15) is 43.2 Å². The summed E-state index contributed by atoms with van der Waals surface area (Å²) in [6.45, 7) is 11.7. The topological polar surface area (TPSA) is 237 Å². The Morgan fingerprint density at radius 3 is 0.782 bits per heavy atom. The third kappa shape index (κ3) is 62.6. The Balaban J connectivity index is 5.25. The van der Waals surface area contributed by atoms with Gasteiger partial charge in [-0.05, 0) is 43.4 Å². The zero-order chi connectivity index (χ0) is 64.5. The lowest BCUT2D eigenvalue weighted by Gasteiger charge is -2.21. The van der Waals surface area contributed by atoms with E-state index in [1.54, 1.807) is 0 Å². The molecule has 0 heterocycles. The number of carbonyl (C=O) groups excluding carboxylic acids is 4. The summed E-state index contributed by atoms with van der Waals surface area (Å²) >= 11 is 0. The van der Waals surface area contributed by atoms with Crippen molar-refractivity contribution >= 4 is 39.5 Å². The first-order valence-corrected chi connectivity index (χ1v) is 38.3. The Labute approximate surface area is 530 Å². The lowest BCUT2D eigenvalue weighted by molar-refractivity contribution is -0.161. The summed E-state index contributed by atoms with van der Waals surface area (Å²) in [4.78, 5) is 72.4. The molecule has 2 unspecified atom stereocenters. The molecule has 0 aliphatic heterocycles. The van der Waals surface area contributed by atoms with Crippen LogP contribution in [0.2, 0.25) is 0 Å². The highest BCUT2D eigenvalue weighted by Gasteiger charge is 2.30. The van der Waals surface area contributed by atoms with Crippen LogP contribution in [0.15, 0.2) is 0 Å². The Hall–Kier alpha value is -1.94. The summed E-state index contributed by atoms with van der Waals surface area (Å²) in [6, 6.07) is 0. The average molecular weight is 1280 g/mol. The number of aliphatic hydroxyl groups is 1. The largest absolute Gasteiger partial charge is 0.472 e. The van der Waals surface area contributed by atoms with Crippen LogP contribution in [0, 0.1) is 17.8 Å². The van der Waals surface area contributed by atoms with Crippen molar-refractivity contribution in [2.45, 2.75) is 356 Å². The quantitative estimate of drug-likeness (QED) is 0.0222. The molecule has 0 aliphatic carbocycles. The number of phosphoric ester groups is 2. The van der Waals surface area contributed by atoms with E-state index in [0.717, 1.165) is 108 Å². The summed E-state index contributed by atoms with van der Waals surface area (Å²) in [7, 11) is -9.90. The number of aliphatic hydroxyl groups excluding tert-OH is 1. The molecule has 0 aromatic heterocycles. The van der Waals surface area contributed by atoms with E-state index in [1.807, 2.05) is 0 Å². The van der Waals surface area contributed by atoms with Crippen molar-refractivity contribution in [3.05, 3.63) is 0 Å². The van der Waals surface area contributed by atoms with Gasteiger partial charge in [0, 0.05) is 25.7 Å². The van der Waals surface area contributed by atoms with Crippen molar-refractivity contribution in [3.8, 4) is 0 Å². The first-order valence-electron chi connectivity index (χ1n) is 35.3. The average Bonchev–Trinajstić information content (AvgIpc) is 3.68. The van der Waals surface area contributed by atoms with Crippen LogP contribution in [0.5, 0.6) is 0 Å². The van der Waals surface area contributed by atoms with Crippen molar-refractivity contribution in [1.82, 2.24) is 0 Å². The Bertz CT molecular complexity index is 1720. The van der Waals surface area contributed by atoms with E-state index < -0.39 is 97.5 Å². The van der Waals surface area contributed by atoms with Crippen LogP contribution in [0.4, 0.5) is 0 Å². The second-order valence-corrected chi connectivity index (χ2v) is 28.9. The van der Waals surface area contributed by atoms with Crippen molar-refractivity contribution in [3.63, 3.8) is 0 Å². The molecule has 516 valence electrons. The van der Waals surface area contributed by atoms with E-state index in [0.29, 0.717) is 31.6 Å². The van der Waals surface area contributed by atoms with Crippen molar-refractivity contribution in [2.24, 2.45) is 17.8 Å². The highest BCUT2D eigenvalue weighted by Crippen LogP contribution is 2.45. The lowest BCUT2D eigenvalue weighted by atomic mass is 10.0. The van der Waals surface area contributed by atoms with Gasteiger partial charge in [0.1, 0.15) is 19.3 Å². The second-order valence-electron chi connectivity index (χ2n) is 26.0. The van der Waals surface area contributed by atoms with Gasteiger partial charge in [-0.15, -0.1) is 0 Å². The van der Waals surface area contributed by atoms with Gasteiger partial charge in [-0.3, -0.25) is 37.3 Å². The van der Waals surface area contributed by atoms with Crippen LogP contribution < -0.4 is 0 Å². The number of esters is 4. The molecule has 0 rings (SSSR count). The predicted octanol–water partition coefficient (Wildman–Crippen LogP) is 19.1. The van der Waals surface area contributed by atoms with E-state index in [1.165, 1.54) is 141 Å². The van der Waals surface area contributed by atoms with E-state index in [-0.39, 0.29) is 25.7 Å². The number of phosphoric acid groups is 2. The fraction of sp³-hybridized carbons (Fsp3) is 0.941. The SMILES string of the molecule is CCCCCCCCCCCCCCCCC(=O)O[C@H](COC(=O)CCCCCCCCCCCCC(C)C)COP(=O)(O)OC[C@@H](O)COP(=O)(O)OC[C@@H](COC(=O)CCCCCCCCC(C)C)OC(=O)CCCCCCCCCCC(C)C. The number of hydrogen-bond donors (Lipinski definition) is 3. The number of ether oxygens (including phenoxy) is 4. The molecule has 5 atom stereocenters. The summed E-state index contributed by atoms with van der Waals surface area (Å²) < 4.78 is 68.2. The molecule has 0 bridgehead atoms. The van der Waals surface area contributed by atoms with Gasteiger partial charge in [0.25, 0.3) is 0 Å². The Kier molecular flexibility index (Phi) is 57.8. The van der Waals surface area contributed by atoms with Crippen LogP contribution in [0.3, 0.4) is 0 Å². The molecule has 0 aliphatic rings. The zero-order valence-corrected chi connectivity index (χ0v) is 58.3. The van der Waals surface area contributed by atoms with Crippen LogP contribution in [0.1, 0.15) is 337 Å². The molecular weight excluding hydrogens is 1150 g/mol. The van der Waals surface area contributed by atoms with Gasteiger partial charge in [-0.1, -0.05) is 286 Å². The maximum absolute atomic E-state index is 13.0. The second kappa shape index (κ2) is 59.1. The van der Waals surface area contributed by atoms with Gasteiger partial charge in [0.2, 0.25) is 0 Å². The third-order valence-corrected chi connectivity index (χ3v) is 17.5. The van der Waals surface area contributed by atoms with Gasteiger partial charge in [0.15, 0.2) is 12.2 Å². The first kappa shape index (κ1) is 85.1. The fourth-order valence-corrected chi connectivity index (χ4v) is 11.8. The van der Waals surface area contributed by atoms with Crippen LogP contribution in [0.25, 0.3) is 0 Å². The van der Waals surface area contributed by atoms with Crippen molar-refractivity contribution in [1.29, 1.82) is 0 Å². The van der Waals surface area contributed by atoms with E-state index in [2.05, 4.69) is 48.5 Å². The monoisotopic (exact) mass is 1280 g/mol. The van der Waals surface area contributed by atoms with Crippen LogP contribution >= 0.6 is 15.6 Å². The summed E-state index contributed by atoms with van der Waals surface area (Å²) in [5.41, 5.74) is 0. The van der Waals surface area contributed by atoms with Crippen LogP contribution in [-0.2, 0) is 65.4 Å². The molecule has 17 nitrogen and oxygen atoms in total. The molecule has 0 amide bonds. The van der Waals surface area contributed by atoms with E-state index >= 15 is 0 Å². The Morgan fingerprint density at radius 2 is 0.529 bits per heavy atom. The summed E-state index contributed by atoms with van der Waals surface area (Å²) in [5.74, 6) is 0.0249. The molecule has 0 saturated heterocycles. The standard InChI is InChI=1S/C68H132O17P2/c1-8-9-10-11-12-13-14-15-16-17-22-28-37-44-51-67(72)84-63(55-78-65(70)49-42-35-27-21-19-18-20-25-32-39-46-59(2)3)57-82-86(74,75)80-53-62(69)54-81-87(76,77)83-58-64(56-79-66(71)50-43-36-31-30-34-41-48-61(6)7)85-68(73)52-45-38-29-24-23-26-33-40-47-60(4)5/h59-64,69H,8-58H2,1-7H3,(H,74,75)(H,76,77)/t62-,63-,64-/m1/s1. The minimum absolute atomic E-state index is 0.103. The van der Waals surface area contributed by atoms with Gasteiger partial charge < -0.3 is 33.8 Å². The summed E-state index contributed by atoms with van der Waals surface area (Å²) in [6.07, 6.45) is 41.8. The van der Waals surface area contributed by atoms with Gasteiger partial charge in [-0.2, -0.15) is 0 Å². The molecule has 0 aromatic carbocycles. The first-order chi connectivity index (χ1) is 41.7. The molecular formula is C68H132O17P2. The van der Waals surface area contributed by atoms with Crippen molar-refractivity contribution in [2.75, 3.05) is 39.6 Å². The minimum atomic E-state index is -4.95. The maximum atomic E-state index is 13.0. The predicted molar refractivity (Wildman–Crippen MR) is 349 cm³/mol. The van der Waals surface area contributed by atoms with Gasteiger partial charge in [0.05, 0.1) is 26.4 Å². The van der Waals surface area contributed by atoms with Crippen molar-refractivity contribution < 1.29 is 80.2 Å². The molecule has 0 fully saturated rings. The smallest absolute Gasteiger partial charge is 0.462 e. The number of carbonyl (C=O) groups is 4. The van der Waals surface area contributed by atoms with Crippen LogP contribution in [-0.4, -0.2) is 96.7 Å². The highest BCUT2D eigenvalue weighted by atomic mass is 31.2. The molecule has 0 spiro atoms. The summed E-state index contributed by atoms with van der Waals surface area (Å²) in [5, 5.41) is 10.6. The lowest BCUT2D eigenvalue weighted by Crippen LogP contribution is -2.30. The highest BCUT2D eigenvalue weighted by molar-refractivity contribution is 7.47. The fourth-order valence-electron chi connectivity index (χ4n) is 10.2. The minimum Gasteiger partial charge on any atom is -0.462 e. The number of unbranched alkanes of at least 4 members (excludes halogenated alkanes) is 34. The molecule has 0 radical (unpaired) electrons. The van der Waals surface area contributed by atoms with Gasteiger partial charge in [-0.25, -0.2) is 9.13 Å². The molecule has 0 saturated carbocycles. The molecule has 87 heavy (non-hydrogen) atoms. The van der Waals surface area contributed by atoms with E-state index in [4.69, 9.17) is 37.0 Å². The Morgan fingerprint density at radius 1 is 0.310 bits per heavy atom. The molecule has 3 N–H and O–H groups in total. The maximum Gasteiger partial charge on any atom is 0.472 e. The normalized spacial score (nSPS) is 14.3. The molecule has 19 heteroatoms. The third-order valence-electron chi connectivity index (χ3n) is 15.6. The number of hydrogen-bond acceptors (Lipinski definition) is 15. The molecule has 0 aromatic rings. The zero-order valence-electron chi connectivity index (χ0n) is 56.5. The van der Waals surface area contributed by atoms with Gasteiger partial charge >= 0.3 is 39.5 Å².